The van der Waals surface area contributed by atoms with E-state index in [0.717, 1.165) is 31.2 Å². The summed E-state index contributed by atoms with van der Waals surface area (Å²) >= 11 is 0. The zero-order valence-corrected chi connectivity index (χ0v) is 34.3. The molecule has 58 heavy (non-hydrogen) atoms. The standard InChI is InChI=1S/C43H55FN4O8S.CH4/c1-40(2,3)25-55-39(52)45-31-14-9-7-5-6-8-11-27-21-43(27,38(51)47-57(53,54)41(4)19-20-41)23-33(49)32-22-42(24-48(32)37(31)50)18-17-29-28-12-10-13-30(44)35(28)46-34(26-15-16-26)36(29)56-42;/h8,10-13,26-27,31-32H,5-7,9,14-25H2,1-4H3,(H,45,52)(H,47,51);1H4/b11-8-;/t27-,31+,32+,42-,43-;/m1./s1. The first kappa shape index (κ1) is 42.1. The minimum Gasteiger partial charge on any atom is -0.483 e. The van der Waals surface area contributed by atoms with E-state index in [1.165, 1.54) is 11.0 Å². The second-order valence-corrected chi connectivity index (χ2v) is 21.3. The van der Waals surface area contributed by atoms with Crippen LogP contribution in [-0.2, 0) is 35.6 Å². The van der Waals surface area contributed by atoms with Gasteiger partial charge < -0.3 is 19.7 Å². The van der Waals surface area contributed by atoms with Gasteiger partial charge in [-0.25, -0.2) is 22.6 Å². The molecule has 3 aliphatic heterocycles. The molecule has 8 rings (SSSR count). The summed E-state index contributed by atoms with van der Waals surface area (Å²) in [5.74, 6) is -1.50. The average Bonchev–Trinajstić information content (AvgIpc) is 4.09. The first-order valence-corrected chi connectivity index (χ1v) is 22.2. The zero-order chi connectivity index (χ0) is 40.5. The van der Waals surface area contributed by atoms with E-state index in [9.17, 15) is 27.6 Å². The Morgan fingerprint density at radius 2 is 1.83 bits per heavy atom. The lowest BCUT2D eigenvalue weighted by Gasteiger charge is -2.37. The van der Waals surface area contributed by atoms with Crippen LogP contribution in [-0.4, -0.2) is 77.6 Å². The van der Waals surface area contributed by atoms with Crippen molar-refractivity contribution in [1.82, 2.24) is 19.9 Å². The fourth-order valence-electron chi connectivity index (χ4n) is 8.98. The number of allylic oxidation sites excluding steroid dienone is 2. The summed E-state index contributed by atoms with van der Waals surface area (Å²) < 4.78 is 55.5. The van der Waals surface area contributed by atoms with Gasteiger partial charge in [0.2, 0.25) is 21.8 Å². The Bertz CT molecular complexity index is 2140. The van der Waals surface area contributed by atoms with Crippen LogP contribution >= 0.6 is 0 Å². The van der Waals surface area contributed by atoms with Gasteiger partial charge in [0.1, 0.15) is 28.7 Å². The maximum Gasteiger partial charge on any atom is 0.407 e. The number of pyridine rings is 1. The van der Waals surface area contributed by atoms with E-state index in [0.29, 0.717) is 73.7 Å². The third-order valence-corrected chi connectivity index (χ3v) is 15.2. The third-order valence-electron chi connectivity index (χ3n) is 13.1. The monoisotopic (exact) mass is 822 g/mol. The van der Waals surface area contributed by atoms with Gasteiger partial charge in [-0.1, -0.05) is 65.3 Å². The number of carbonyl (C=O) groups excluding carboxylic acids is 4. The fourth-order valence-corrected chi connectivity index (χ4v) is 10.3. The van der Waals surface area contributed by atoms with Crippen LogP contribution in [0.2, 0.25) is 0 Å². The number of rotatable bonds is 6. The molecule has 12 nitrogen and oxygen atoms in total. The number of ether oxygens (including phenoxy) is 2. The van der Waals surface area contributed by atoms with Crippen molar-refractivity contribution in [2.45, 2.75) is 153 Å². The second-order valence-electron chi connectivity index (χ2n) is 19.1. The van der Waals surface area contributed by atoms with E-state index in [1.54, 1.807) is 13.0 Å². The predicted molar refractivity (Wildman–Crippen MR) is 217 cm³/mol. The van der Waals surface area contributed by atoms with E-state index in [2.05, 4.69) is 10.0 Å². The van der Waals surface area contributed by atoms with Crippen LogP contribution in [0.3, 0.4) is 0 Å². The maximum atomic E-state index is 15.1. The molecule has 4 heterocycles. The van der Waals surface area contributed by atoms with Gasteiger partial charge in [0.15, 0.2) is 5.78 Å². The Morgan fingerprint density at radius 3 is 2.53 bits per heavy atom. The van der Waals surface area contributed by atoms with E-state index in [1.807, 2.05) is 39.0 Å². The normalized spacial score (nSPS) is 30.0. The van der Waals surface area contributed by atoms with Gasteiger partial charge >= 0.3 is 6.09 Å². The van der Waals surface area contributed by atoms with Gasteiger partial charge in [0.25, 0.3) is 0 Å². The van der Waals surface area contributed by atoms with Crippen LogP contribution in [0.15, 0.2) is 30.4 Å². The van der Waals surface area contributed by atoms with Crippen LogP contribution in [0, 0.1) is 22.6 Å². The van der Waals surface area contributed by atoms with Crippen LogP contribution in [0.4, 0.5) is 9.18 Å². The van der Waals surface area contributed by atoms with Crippen molar-refractivity contribution in [3.05, 3.63) is 47.4 Å². The zero-order valence-electron chi connectivity index (χ0n) is 33.5. The Morgan fingerprint density at radius 1 is 1.07 bits per heavy atom. The molecule has 6 aliphatic rings. The molecule has 0 unspecified atom stereocenters. The number of para-hydroxylation sites is 1. The highest BCUT2D eigenvalue weighted by Gasteiger charge is 2.63. The summed E-state index contributed by atoms with van der Waals surface area (Å²) in [5, 5.41) is 3.50. The molecule has 4 fully saturated rings. The van der Waals surface area contributed by atoms with Gasteiger partial charge in [-0.3, -0.25) is 19.1 Å². The number of ketones is 1. The van der Waals surface area contributed by atoms with Crippen molar-refractivity contribution >= 4 is 44.6 Å². The lowest BCUT2D eigenvalue weighted by atomic mass is 9.85. The minimum absolute atomic E-state index is 0. The van der Waals surface area contributed by atoms with Crippen molar-refractivity contribution in [2.75, 3.05) is 13.2 Å². The average molecular weight is 823 g/mol. The number of sulfonamides is 1. The number of fused-ring (bicyclic) bond motifs is 5. The number of nitrogens with one attached hydrogen (secondary N) is 2. The lowest BCUT2D eigenvalue weighted by molar-refractivity contribution is -0.140. The second kappa shape index (κ2) is 15.2. The molecule has 1 spiro atoms. The Balaban J connectivity index is 0.00000512. The number of carbonyl (C=O) groups is 4. The number of hydrogen-bond donors (Lipinski definition) is 2. The number of halogens is 1. The molecule has 14 heteroatoms. The van der Waals surface area contributed by atoms with Gasteiger partial charge in [-0.05, 0) is 88.5 Å². The third kappa shape index (κ3) is 8.10. The topological polar surface area (TPSA) is 161 Å². The number of nitrogens with zero attached hydrogens (tertiary/aromatic N) is 2. The van der Waals surface area contributed by atoms with Gasteiger partial charge in [0, 0.05) is 29.7 Å². The molecule has 1 aromatic carbocycles. The summed E-state index contributed by atoms with van der Waals surface area (Å²) in [6.07, 6.45) is 10.3. The molecular weight excluding hydrogens is 764 g/mol. The quantitative estimate of drug-likeness (QED) is 0.288. The molecule has 3 aliphatic carbocycles. The molecular formula is C44H59FN4O8S. The van der Waals surface area contributed by atoms with Gasteiger partial charge in [-0.2, -0.15) is 0 Å². The molecule has 2 N–H and O–H groups in total. The predicted octanol–water partition coefficient (Wildman–Crippen LogP) is 7.18. The van der Waals surface area contributed by atoms with Gasteiger partial charge in [0.05, 0.1) is 35.0 Å². The number of amides is 3. The Labute approximate surface area is 341 Å². The van der Waals surface area contributed by atoms with Crippen molar-refractivity contribution in [2.24, 2.45) is 16.7 Å². The van der Waals surface area contributed by atoms with Crippen molar-refractivity contribution in [3.8, 4) is 5.75 Å². The van der Waals surface area contributed by atoms with Crippen LogP contribution in [0.25, 0.3) is 10.9 Å². The Kier molecular flexibility index (Phi) is 11.0. The van der Waals surface area contributed by atoms with E-state index in [-0.39, 0.29) is 56.5 Å². The summed E-state index contributed by atoms with van der Waals surface area (Å²) in [6, 6.07) is 2.92. The highest BCUT2D eigenvalue weighted by atomic mass is 32.2. The lowest BCUT2D eigenvalue weighted by Crippen LogP contribution is -2.53. The molecule has 0 bridgehead atoms. The molecule has 1 saturated heterocycles. The smallest absolute Gasteiger partial charge is 0.407 e. The number of Topliss-reactive ketones (excluding diaryl/α,β-unsaturated/α-hetero) is 1. The largest absolute Gasteiger partial charge is 0.483 e. The maximum absolute atomic E-state index is 15.1. The molecule has 3 saturated carbocycles. The highest BCUT2D eigenvalue weighted by Crippen LogP contribution is 2.58. The van der Waals surface area contributed by atoms with Crippen molar-refractivity contribution in [3.63, 3.8) is 0 Å². The Hall–Kier alpha value is -4.07. The highest BCUT2D eigenvalue weighted by molar-refractivity contribution is 7.91. The summed E-state index contributed by atoms with van der Waals surface area (Å²) in [6.45, 7) is 7.63. The number of aryl methyl sites for hydroxylation is 1. The van der Waals surface area contributed by atoms with E-state index >= 15 is 4.39 Å². The first-order valence-electron chi connectivity index (χ1n) is 20.7. The molecule has 5 atom stereocenters. The fraction of sp³-hybridized carbons (Fsp3) is 0.659. The molecule has 1 aromatic heterocycles. The first-order chi connectivity index (χ1) is 26.9. The van der Waals surface area contributed by atoms with Gasteiger partial charge in [-0.15, -0.1) is 0 Å². The number of aromatic nitrogens is 1. The van der Waals surface area contributed by atoms with Crippen molar-refractivity contribution < 1.29 is 41.5 Å². The van der Waals surface area contributed by atoms with Crippen molar-refractivity contribution in [1.29, 1.82) is 0 Å². The van der Waals surface area contributed by atoms with Crippen LogP contribution in [0.1, 0.15) is 136 Å². The van der Waals surface area contributed by atoms with E-state index in [4.69, 9.17) is 14.5 Å². The molecule has 0 radical (unpaired) electrons. The van der Waals surface area contributed by atoms with Crippen LogP contribution < -0.4 is 14.8 Å². The van der Waals surface area contributed by atoms with Crippen LogP contribution in [0.5, 0.6) is 5.75 Å². The molecule has 3 amide bonds. The number of hydrogen-bond acceptors (Lipinski definition) is 9. The summed E-state index contributed by atoms with van der Waals surface area (Å²) in [7, 11) is -3.97. The minimum atomic E-state index is -3.97. The molecule has 316 valence electrons. The molecule has 2 aromatic rings. The number of benzene rings is 1. The summed E-state index contributed by atoms with van der Waals surface area (Å²) in [4.78, 5) is 63.2. The SMILES string of the molecule is C.CC(C)(C)COC(=O)N[C@H]1CCCCC/C=C\[C@@H]2C[C@@]2(C(=O)NS(=O)(=O)C2(C)CC2)CC(=O)[C@@H]2C[C@]3(CCc4c(c(C5CC5)nc5c(F)cccc45)O3)CN2C1=O. The van der Waals surface area contributed by atoms with E-state index < -0.39 is 61.6 Å². The number of alkyl carbamates (subject to hydrolysis) is 1. The summed E-state index contributed by atoms with van der Waals surface area (Å²) in [5.41, 5.74) is -0.711.